The van der Waals surface area contributed by atoms with Gasteiger partial charge >= 0.3 is 0 Å². The van der Waals surface area contributed by atoms with Gasteiger partial charge in [-0.3, -0.25) is 9.48 Å². The Kier molecular flexibility index (Phi) is 5.56. The minimum Gasteiger partial charge on any atom is -0.357 e. The van der Waals surface area contributed by atoms with Gasteiger partial charge in [-0.1, -0.05) is 51.8 Å². The number of likely N-dealkylation sites (N-methyl/N-ethyl adjacent to an activating group) is 1. The average Bonchev–Trinajstić information content (AvgIpc) is 3.09. The summed E-state index contributed by atoms with van der Waals surface area (Å²) in [6.07, 6.45) is 2.38. The lowest BCUT2D eigenvalue weighted by molar-refractivity contribution is -0.124. The second-order valence-electron chi connectivity index (χ2n) is 5.66. The molecule has 0 saturated carbocycles. The predicted molar refractivity (Wildman–Crippen MR) is 104 cm³/mol. The Morgan fingerprint density at radius 2 is 2.04 bits per heavy atom. The Bertz CT molecular complexity index is 894. The molecule has 0 aliphatic carbocycles. The van der Waals surface area contributed by atoms with E-state index in [1.165, 1.54) is 0 Å². The third kappa shape index (κ3) is 4.30. The minimum absolute atomic E-state index is 0.0827. The number of halogens is 2. The number of aromatic nitrogens is 2. The number of nitrogens with zero attached hydrogens (tertiary/aromatic N) is 2. The summed E-state index contributed by atoms with van der Waals surface area (Å²) in [5.74, 6) is -0.0827. The van der Waals surface area contributed by atoms with Crippen LogP contribution in [0.3, 0.4) is 0 Å². The molecule has 1 N–H and O–H groups in total. The maximum Gasteiger partial charge on any atom is 0.244 e. The molecule has 0 aliphatic heterocycles. The number of carbonyl (C=O) groups excluding carboxylic acids is 1. The van der Waals surface area contributed by atoms with Crippen molar-refractivity contribution in [1.29, 1.82) is 0 Å². The molecule has 1 heterocycles. The highest BCUT2D eigenvalue weighted by molar-refractivity contribution is 9.10. The summed E-state index contributed by atoms with van der Waals surface area (Å²) in [7, 11) is 1.64. The molecule has 0 unspecified atom stereocenters. The zero-order chi connectivity index (χ0) is 17.8. The van der Waals surface area contributed by atoms with Crippen molar-refractivity contribution in [3.8, 4) is 11.3 Å². The molecule has 3 aromatic rings. The van der Waals surface area contributed by atoms with Gasteiger partial charge in [-0.25, -0.2) is 0 Å². The van der Waals surface area contributed by atoms with Crippen LogP contribution in [0.25, 0.3) is 11.3 Å². The van der Waals surface area contributed by atoms with Crippen molar-refractivity contribution in [3.63, 3.8) is 0 Å². The van der Waals surface area contributed by atoms with Crippen molar-refractivity contribution >= 4 is 33.4 Å². The molecule has 3 rings (SSSR count). The summed E-state index contributed by atoms with van der Waals surface area (Å²) in [6, 6.07) is 16.9. The fraction of sp³-hybridized carbons (Fsp3) is 0.158. The largest absolute Gasteiger partial charge is 0.357 e. The summed E-state index contributed by atoms with van der Waals surface area (Å²) in [6.45, 7) is 0. The molecule has 2 aromatic carbocycles. The fourth-order valence-corrected chi connectivity index (χ4v) is 3.31. The van der Waals surface area contributed by atoms with Gasteiger partial charge in [0.25, 0.3) is 0 Å². The third-order valence-electron chi connectivity index (χ3n) is 3.92. The van der Waals surface area contributed by atoms with Crippen LogP contribution in [0.15, 0.2) is 65.3 Å². The van der Waals surface area contributed by atoms with Gasteiger partial charge in [-0.2, -0.15) is 5.10 Å². The Morgan fingerprint density at radius 3 is 2.76 bits per heavy atom. The SMILES string of the molecule is CNC(=O)[C@H](Cc1cccc(Br)c1)n1ccc(-c2cccc(Cl)c2)n1. The maximum atomic E-state index is 12.4. The van der Waals surface area contributed by atoms with Crippen molar-refractivity contribution in [2.45, 2.75) is 12.5 Å². The standard InChI is InChI=1S/C19H17BrClN3O/c1-22-19(25)18(11-13-4-2-6-15(20)10-13)24-9-8-17(23-24)14-5-3-7-16(21)12-14/h2-10,12,18H,11H2,1H3,(H,22,25)/t18-/m0/s1. The lowest BCUT2D eigenvalue weighted by Crippen LogP contribution is -2.31. The quantitative estimate of drug-likeness (QED) is 0.663. The average molecular weight is 419 g/mol. The Hall–Kier alpha value is -2.11. The first-order valence-corrected chi connectivity index (χ1v) is 9.01. The third-order valence-corrected chi connectivity index (χ3v) is 4.64. The first kappa shape index (κ1) is 17.7. The molecule has 0 saturated heterocycles. The number of carbonyl (C=O) groups is 1. The van der Waals surface area contributed by atoms with Gasteiger partial charge in [0.05, 0.1) is 5.69 Å². The second kappa shape index (κ2) is 7.85. The summed E-state index contributed by atoms with van der Waals surface area (Å²) in [5.41, 5.74) is 2.76. The van der Waals surface area contributed by atoms with Gasteiger partial charge in [0.15, 0.2) is 0 Å². The molecule has 1 atom stereocenters. The second-order valence-corrected chi connectivity index (χ2v) is 7.01. The van der Waals surface area contributed by atoms with E-state index in [4.69, 9.17) is 11.6 Å². The van der Waals surface area contributed by atoms with Crippen molar-refractivity contribution in [3.05, 3.63) is 75.9 Å². The Balaban J connectivity index is 1.91. The Morgan fingerprint density at radius 1 is 1.24 bits per heavy atom. The highest BCUT2D eigenvalue weighted by atomic mass is 79.9. The van der Waals surface area contributed by atoms with Gasteiger partial charge in [0.2, 0.25) is 5.91 Å². The molecule has 4 nitrogen and oxygen atoms in total. The normalized spacial score (nSPS) is 12.0. The number of rotatable bonds is 5. The summed E-state index contributed by atoms with van der Waals surface area (Å²) in [5, 5.41) is 7.98. The van der Waals surface area contributed by atoms with Crippen LogP contribution in [0.4, 0.5) is 0 Å². The van der Waals surface area contributed by atoms with Crippen molar-refractivity contribution in [2.75, 3.05) is 7.05 Å². The zero-order valence-corrected chi connectivity index (χ0v) is 16.0. The molecular formula is C19H17BrClN3O. The number of hydrogen-bond donors (Lipinski definition) is 1. The van der Waals surface area contributed by atoms with Crippen molar-refractivity contribution in [2.24, 2.45) is 0 Å². The van der Waals surface area contributed by atoms with E-state index < -0.39 is 6.04 Å². The highest BCUT2D eigenvalue weighted by Gasteiger charge is 2.21. The number of nitrogens with one attached hydrogen (secondary N) is 1. The smallest absolute Gasteiger partial charge is 0.244 e. The highest BCUT2D eigenvalue weighted by Crippen LogP contribution is 2.23. The number of benzene rings is 2. The molecule has 0 aliphatic rings. The van der Waals surface area contributed by atoms with E-state index in [9.17, 15) is 4.79 Å². The Labute approximate surface area is 159 Å². The van der Waals surface area contributed by atoms with Crippen LogP contribution in [-0.4, -0.2) is 22.7 Å². The number of hydrogen-bond acceptors (Lipinski definition) is 2. The molecule has 1 aromatic heterocycles. The maximum absolute atomic E-state index is 12.4. The van der Waals surface area contributed by atoms with Crippen LogP contribution >= 0.6 is 27.5 Å². The first-order chi connectivity index (χ1) is 12.1. The lowest BCUT2D eigenvalue weighted by Gasteiger charge is -2.16. The predicted octanol–water partition coefficient (Wildman–Crippen LogP) is 4.50. The molecule has 1 amide bonds. The summed E-state index contributed by atoms with van der Waals surface area (Å²) >= 11 is 9.52. The molecule has 0 spiro atoms. The summed E-state index contributed by atoms with van der Waals surface area (Å²) in [4.78, 5) is 12.4. The lowest BCUT2D eigenvalue weighted by atomic mass is 10.1. The molecule has 0 fully saturated rings. The number of amides is 1. The molecule has 6 heteroatoms. The molecule has 128 valence electrons. The minimum atomic E-state index is -0.424. The van der Waals surface area contributed by atoms with Crippen LogP contribution in [0.1, 0.15) is 11.6 Å². The van der Waals surface area contributed by atoms with Gasteiger partial charge in [-0.05, 0) is 35.9 Å². The van der Waals surface area contributed by atoms with E-state index in [0.717, 1.165) is 21.3 Å². The molecule has 0 bridgehead atoms. The topological polar surface area (TPSA) is 46.9 Å². The van der Waals surface area contributed by atoms with E-state index in [0.29, 0.717) is 11.4 Å². The van der Waals surface area contributed by atoms with Gasteiger partial charge in [0, 0.05) is 34.7 Å². The van der Waals surface area contributed by atoms with Crippen LogP contribution in [0.5, 0.6) is 0 Å². The monoisotopic (exact) mass is 417 g/mol. The van der Waals surface area contributed by atoms with Crippen LogP contribution in [-0.2, 0) is 11.2 Å². The molecule has 25 heavy (non-hydrogen) atoms. The van der Waals surface area contributed by atoms with E-state index in [1.54, 1.807) is 11.7 Å². The molecular weight excluding hydrogens is 402 g/mol. The van der Waals surface area contributed by atoms with E-state index >= 15 is 0 Å². The summed E-state index contributed by atoms with van der Waals surface area (Å²) < 4.78 is 2.69. The van der Waals surface area contributed by atoms with E-state index in [-0.39, 0.29) is 5.91 Å². The van der Waals surface area contributed by atoms with E-state index in [1.807, 2.05) is 60.8 Å². The van der Waals surface area contributed by atoms with Crippen molar-refractivity contribution in [1.82, 2.24) is 15.1 Å². The fourth-order valence-electron chi connectivity index (χ4n) is 2.67. The zero-order valence-electron chi connectivity index (χ0n) is 13.6. The van der Waals surface area contributed by atoms with Crippen molar-refractivity contribution < 1.29 is 4.79 Å². The van der Waals surface area contributed by atoms with Gasteiger partial charge in [-0.15, -0.1) is 0 Å². The molecule has 0 radical (unpaired) electrons. The first-order valence-electron chi connectivity index (χ1n) is 7.84. The van der Waals surface area contributed by atoms with E-state index in [2.05, 4.69) is 26.3 Å². The van der Waals surface area contributed by atoms with Crippen LogP contribution < -0.4 is 5.32 Å². The van der Waals surface area contributed by atoms with Crippen LogP contribution in [0.2, 0.25) is 5.02 Å². The van der Waals surface area contributed by atoms with Gasteiger partial charge in [0.1, 0.15) is 6.04 Å². The van der Waals surface area contributed by atoms with Crippen LogP contribution in [0, 0.1) is 0 Å². The van der Waals surface area contributed by atoms with Gasteiger partial charge < -0.3 is 5.32 Å².